The summed E-state index contributed by atoms with van der Waals surface area (Å²) < 4.78 is 35.9. The van der Waals surface area contributed by atoms with Crippen molar-refractivity contribution in [1.29, 1.82) is 0 Å². The number of hydrogen-bond donors (Lipinski definition) is 3. The van der Waals surface area contributed by atoms with Crippen molar-refractivity contribution < 1.29 is 17.7 Å². The Balaban J connectivity index is 1.33. The van der Waals surface area contributed by atoms with E-state index in [2.05, 4.69) is 41.9 Å². The van der Waals surface area contributed by atoms with Crippen LogP contribution in [0.4, 0.5) is 16.3 Å². The molecule has 4 heterocycles. The number of nitrogens with one attached hydrogen (secondary N) is 3. The fourth-order valence-electron chi connectivity index (χ4n) is 5.75. The molecule has 0 aliphatic carbocycles. The molecule has 5 aromatic rings. The second-order valence-electron chi connectivity index (χ2n) is 12.6. The van der Waals surface area contributed by atoms with Crippen LogP contribution >= 0.6 is 11.3 Å². The van der Waals surface area contributed by atoms with Gasteiger partial charge in [-0.05, 0) is 74.7 Å². The number of urea groups is 1. The van der Waals surface area contributed by atoms with Gasteiger partial charge in [0.25, 0.3) is 0 Å². The summed E-state index contributed by atoms with van der Waals surface area (Å²) in [6, 6.07) is 21.6. The number of sulfone groups is 1. The Labute approximate surface area is 273 Å². The van der Waals surface area contributed by atoms with Crippen LogP contribution in [0.5, 0.6) is 0 Å². The van der Waals surface area contributed by atoms with Gasteiger partial charge in [0.15, 0.2) is 9.84 Å². The molecule has 0 saturated carbocycles. The van der Waals surface area contributed by atoms with Crippen molar-refractivity contribution in [1.82, 2.24) is 20.3 Å². The lowest BCUT2D eigenvalue weighted by atomic mass is 9.89. The number of hydrogen-bond acceptors (Lipinski definition) is 8. The van der Waals surface area contributed by atoms with Crippen LogP contribution in [0.2, 0.25) is 0 Å². The van der Waals surface area contributed by atoms with E-state index in [9.17, 15) is 13.2 Å². The lowest BCUT2D eigenvalue weighted by Crippen LogP contribution is -2.34. The number of anilines is 2. The quantitative estimate of drug-likeness (QED) is 0.159. The zero-order chi connectivity index (χ0) is 32.5. The van der Waals surface area contributed by atoms with Crippen LogP contribution in [0.15, 0.2) is 87.8 Å². The van der Waals surface area contributed by atoms with Crippen molar-refractivity contribution in [2.24, 2.45) is 5.92 Å². The minimum Gasteiger partial charge on any atom is -0.364 e. The molecular weight excluding hydrogens is 621 g/mol. The number of carbonyl (C=O) groups is 1. The summed E-state index contributed by atoms with van der Waals surface area (Å²) in [4.78, 5) is 14.4. The van der Waals surface area contributed by atoms with Gasteiger partial charge in [0.1, 0.15) is 22.0 Å². The second kappa shape index (κ2) is 12.9. The van der Waals surface area contributed by atoms with E-state index in [4.69, 9.17) is 9.62 Å². The maximum Gasteiger partial charge on any atom is 0.324 e. The van der Waals surface area contributed by atoms with E-state index in [1.165, 1.54) is 17.6 Å². The molecule has 2 aromatic carbocycles. The first-order valence-electron chi connectivity index (χ1n) is 15.3. The van der Waals surface area contributed by atoms with Crippen molar-refractivity contribution in [3.63, 3.8) is 0 Å². The highest BCUT2D eigenvalue weighted by molar-refractivity contribution is 7.93. The molecule has 1 fully saturated rings. The number of nitrogens with zero attached hydrogens (tertiary/aromatic N) is 3. The SMILES string of the molecule is Cc1ccc(-n2nc(C(C)(C)C)cc2NC(=O)Nc2ccccc2C(C2CCNCC2)S(=O)(=O)c2ccc(-c3ccon3)s2)cc1. The molecule has 10 nitrogen and oxygen atoms in total. The second-order valence-corrected chi connectivity index (χ2v) is 16.0. The molecular formula is C34H38N6O4S2. The standard InChI is InChI=1S/C34H38N6O4S2/c1-22-9-11-24(12-10-22)40-30(21-29(38-40)34(2,3)4)37-33(41)36-26-8-6-5-7-25(26)32(23-15-18-35-19-16-23)46(42,43)31-14-13-28(45-31)27-17-20-44-39-27/h5-14,17,20-21,23,32,35H,15-16,18-19H2,1-4H3,(H2,36,37,41). The van der Waals surface area contributed by atoms with Gasteiger partial charge in [-0.25, -0.2) is 17.9 Å². The van der Waals surface area contributed by atoms with Crippen molar-refractivity contribution >= 4 is 38.7 Å². The maximum absolute atomic E-state index is 14.5. The highest BCUT2D eigenvalue weighted by atomic mass is 32.2. The van der Waals surface area contributed by atoms with E-state index in [0.29, 0.717) is 40.5 Å². The molecule has 6 rings (SSSR count). The monoisotopic (exact) mass is 658 g/mol. The fourth-order valence-corrected chi connectivity index (χ4v) is 9.32. The minimum atomic E-state index is -3.85. The molecule has 2 amide bonds. The summed E-state index contributed by atoms with van der Waals surface area (Å²) in [7, 11) is -3.85. The molecule has 46 heavy (non-hydrogen) atoms. The average Bonchev–Trinajstić information content (AvgIpc) is 3.80. The zero-order valence-electron chi connectivity index (χ0n) is 26.3. The van der Waals surface area contributed by atoms with Gasteiger partial charge in [0.05, 0.1) is 21.5 Å². The topological polar surface area (TPSA) is 131 Å². The van der Waals surface area contributed by atoms with E-state index < -0.39 is 21.1 Å². The molecule has 1 unspecified atom stereocenters. The van der Waals surface area contributed by atoms with Crippen LogP contribution in [-0.2, 0) is 15.3 Å². The number of aromatic nitrogens is 3. The molecule has 12 heteroatoms. The van der Waals surface area contributed by atoms with Gasteiger partial charge >= 0.3 is 6.03 Å². The zero-order valence-corrected chi connectivity index (χ0v) is 27.9. The minimum absolute atomic E-state index is 0.146. The molecule has 0 bridgehead atoms. The lowest BCUT2D eigenvalue weighted by molar-refractivity contribution is 0.262. The van der Waals surface area contributed by atoms with Crippen molar-refractivity contribution in [3.05, 3.63) is 95.9 Å². The Morgan fingerprint density at radius 3 is 2.46 bits per heavy atom. The van der Waals surface area contributed by atoms with E-state index in [-0.39, 0.29) is 15.5 Å². The summed E-state index contributed by atoms with van der Waals surface area (Å²) in [5.74, 6) is 0.359. The van der Waals surface area contributed by atoms with Crippen molar-refractivity contribution in [3.8, 4) is 16.3 Å². The van der Waals surface area contributed by atoms with Crippen LogP contribution < -0.4 is 16.0 Å². The smallest absolute Gasteiger partial charge is 0.324 e. The number of benzene rings is 2. The van der Waals surface area contributed by atoms with Crippen molar-refractivity contribution in [2.45, 2.75) is 55.4 Å². The molecule has 3 N–H and O–H groups in total. The van der Waals surface area contributed by atoms with Gasteiger partial charge in [0.2, 0.25) is 0 Å². The maximum atomic E-state index is 14.5. The highest BCUT2D eigenvalue weighted by Gasteiger charge is 2.39. The van der Waals surface area contributed by atoms with E-state index in [1.807, 2.05) is 43.3 Å². The Bertz CT molecular complexity index is 1920. The molecule has 1 saturated heterocycles. The first-order chi connectivity index (χ1) is 22.0. The summed E-state index contributed by atoms with van der Waals surface area (Å²) in [5, 5.41) is 17.2. The van der Waals surface area contributed by atoms with E-state index >= 15 is 0 Å². The lowest BCUT2D eigenvalue weighted by Gasteiger charge is -2.31. The van der Waals surface area contributed by atoms with Crippen LogP contribution in [0.25, 0.3) is 16.3 Å². The van der Waals surface area contributed by atoms with E-state index in [0.717, 1.165) is 30.0 Å². The number of thiophene rings is 1. The first-order valence-corrected chi connectivity index (χ1v) is 17.7. The summed E-state index contributed by atoms with van der Waals surface area (Å²) >= 11 is 1.18. The van der Waals surface area contributed by atoms with Crippen LogP contribution in [0.1, 0.15) is 55.7 Å². The number of para-hydroxylation sites is 1. The number of rotatable bonds is 8. The third-order valence-corrected chi connectivity index (χ3v) is 12.1. The molecule has 1 atom stereocenters. The van der Waals surface area contributed by atoms with Gasteiger partial charge in [-0.2, -0.15) is 5.10 Å². The predicted molar refractivity (Wildman–Crippen MR) is 181 cm³/mol. The average molecular weight is 659 g/mol. The van der Waals surface area contributed by atoms with Crippen LogP contribution in [0, 0.1) is 12.8 Å². The van der Waals surface area contributed by atoms with Gasteiger partial charge in [-0.15, -0.1) is 11.3 Å². The Kier molecular flexibility index (Phi) is 8.86. The first kappa shape index (κ1) is 31.7. The Morgan fingerprint density at radius 2 is 1.76 bits per heavy atom. The predicted octanol–water partition coefficient (Wildman–Crippen LogP) is 7.35. The molecule has 3 aromatic heterocycles. The van der Waals surface area contributed by atoms with Gasteiger partial charge in [0, 0.05) is 23.2 Å². The van der Waals surface area contributed by atoms with Gasteiger partial charge in [-0.1, -0.05) is 61.8 Å². The number of carbonyl (C=O) groups excluding carboxylic acids is 1. The fraction of sp³-hybridized carbons (Fsp3) is 0.324. The number of piperidine rings is 1. The molecule has 240 valence electrons. The number of aryl methyl sites for hydroxylation is 1. The Hall–Kier alpha value is -4.26. The van der Waals surface area contributed by atoms with E-state index in [1.54, 1.807) is 41.1 Å². The van der Waals surface area contributed by atoms with Gasteiger partial charge in [-0.3, -0.25) is 5.32 Å². The summed E-state index contributed by atoms with van der Waals surface area (Å²) in [5.41, 5.74) is 4.09. The highest BCUT2D eigenvalue weighted by Crippen LogP contribution is 2.44. The molecule has 1 aliphatic heterocycles. The normalized spacial score (nSPS) is 15.0. The molecule has 0 radical (unpaired) electrons. The van der Waals surface area contributed by atoms with Crippen LogP contribution in [0.3, 0.4) is 0 Å². The molecule has 1 aliphatic rings. The summed E-state index contributed by atoms with van der Waals surface area (Å²) in [6.45, 7) is 9.67. The largest absolute Gasteiger partial charge is 0.364 e. The number of amides is 2. The Morgan fingerprint density at radius 1 is 1.02 bits per heavy atom. The van der Waals surface area contributed by atoms with Gasteiger partial charge < -0.3 is 15.2 Å². The third kappa shape index (κ3) is 6.64. The molecule has 0 spiro atoms. The van der Waals surface area contributed by atoms with Crippen molar-refractivity contribution in [2.75, 3.05) is 23.7 Å². The van der Waals surface area contributed by atoms with Crippen LogP contribution in [-0.4, -0.2) is 42.5 Å². The summed E-state index contributed by atoms with van der Waals surface area (Å²) in [6.07, 6.45) is 2.85. The third-order valence-electron chi connectivity index (χ3n) is 8.21.